The minimum Gasteiger partial charge on any atom is -0.352 e. The van der Waals surface area contributed by atoms with Gasteiger partial charge in [-0.05, 0) is 25.1 Å². The summed E-state index contributed by atoms with van der Waals surface area (Å²) in [4.78, 5) is 21.8. The topological polar surface area (TPSA) is 58.5 Å². The number of aryl methyl sites for hydroxylation is 1. The second-order valence-corrected chi connectivity index (χ2v) is 4.70. The Labute approximate surface area is 137 Å². The van der Waals surface area contributed by atoms with Crippen molar-refractivity contribution in [3.63, 3.8) is 0 Å². The van der Waals surface area contributed by atoms with Crippen LogP contribution >= 0.6 is 11.6 Å². The Morgan fingerprint density at radius 3 is 2.22 bits per heavy atom. The number of carbonyl (C=O) groups is 1. The van der Waals surface area contributed by atoms with Crippen LogP contribution in [0.5, 0.6) is 0 Å². The molecule has 0 heterocycles. The SMILES string of the molecule is CC.Cc1ccc(Nc2c(C(=O)N=O)cc(Cl)c(F)c2F)cc1. The van der Waals surface area contributed by atoms with Crippen molar-refractivity contribution >= 4 is 28.9 Å². The minimum atomic E-state index is -1.35. The van der Waals surface area contributed by atoms with Gasteiger partial charge in [0.05, 0.1) is 16.3 Å². The fourth-order valence-electron chi connectivity index (χ4n) is 1.72. The van der Waals surface area contributed by atoms with Gasteiger partial charge in [-0.1, -0.05) is 43.1 Å². The molecule has 0 bridgehead atoms. The molecule has 7 heteroatoms. The van der Waals surface area contributed by atoms with E-state index in [9.17, 15) is 18.5 Å². The summed E-state index contributed by atoms with van der Waals surface area (Å²) in [7, 11) is 0. The molecular formula is C16H15ClF2N2O2. The standard InChI is InChI=1S/C14H9ClF2N2O2.C2H6/c1-7-2-4-8(5-3-7)18-13-9(14(20)19-21)6-10(15)11(16)12(13)17;1-2/h2-6,18H,1H3;1-2H3. The van der Waals surface area contributed by atoms with Crippen LogP contribution in [0.4, 0.5) is 20.2 Å². The van der Waals surface area contributed by atoms with E-state index < -0.39 is 33.8 Å². The summed E-state index contributed by atoms with van der Waals surface area (Å²) >= 11 is 5.48. The molecule has 1 N–H and O–H groups in total. The number of hydrogen-bond acceptors (Lipinski definition) is 3. The van der Waals surface area contributed by atoms with E-state index in [4.69, 9.17) is 11.6 Å². The second-order valence-electron chi connectivity index (χ2n) is 4.30. The molecule has 0 aliphatic rings. The lowest BCUT2D eigenvalue weighted by Gasteiger charge is -2.12. The first kappa shape index (κ1) is 18.7. The summed E-state index contributed by atoms with van der Waals surface area (Å²) in [5.41, 5.74) is 0.468. The van der Waals surface area contributed by atoms with E-state index in [-0.39, 0.29) is 0 Å². The van der Waals surface area contributed by atoms with Gasteiger partial charge in [0.2, 0.25) is 0 Å². The average molecular weight is 341 g/mol. The van der Waals surface area contributed by atoms with Gasteiger partial charge in [0.25, 0.3) is 0 Å². The molecule has 2 aromatic rings. The van der Waals surface area contributed by atoms with E-state index in [1.54, 1.807) is 24.3 Å². The van der Waals surface area contributed by atoms with Crippen LogP contribution in [0.25, 0.3) is 0 Å². The van der Waals surface area contributed by atoms with Crippen molar-refractivity contribution in [3.05, 3.63) is 63.0 Å². The molecule has 0 aliphatic heterocycles. The number of halogens is 3. The summed E-state index contributed by atoms with van der Waals surface area (Å²) < 4.78 is 27.5. The van der Waals surface area contributed by atoms with Gasteiger partial charge in [-0.15, -0.1) is 4.91 Å². The lowest BCUT2D eigenvalue weighted by molar-refractivity contribution is 0.100. The molecule has 0 saturated carbocycles. The first-order valence-corrected chi connectivity index (χ1v) is 7.20. The molecule has 122 valence electrons. The van der Waals surface area contributed by atoms with Crippen molar-refractivity contribution in [1.82, 2.24) is 0 Å². The van der Waals surface area contributed by atoms with Crippen LogP contribution in [-0.4, -0.2) is 5.91 Å². The summed E-state index contributed by atoms with van der Waals surface area (Å²) in [5, 5.41) is 4.17. The fraction of sp³-hybridized carbons (Fsp3) is 0.188. The third kappa shape index (κ3) is 4.32. The predicted octanol–water partition coefficient (Wildman–Crippen LogP) is 5.60. The quantitative estimate of drug-likeness (QED) is 0.584. The largest absolute Gasteiger partial charge is 0.352 e. The van der Waals surface area contributed by atoms with Gasteiger partial charge in [0.1, 0.15) is 0 Å². The highest BCUT2D eigenvalue weighted by molar-refractivity contribution is 6.31. The molecule has 2 aromatic carbocycles. The average Bonchev–Trinajstić information content (AvgIpc) is 2.58. The van der Waals surface area contributed by atoms with E-state index in [0.29, 0.717) is 5.69 Å². The lowest BCUT2D eigenvalue weighted by Crippen LogP contribution is -2.06. The Morgan fingerprint density at radius 2 is 1.70 bits per heavy atom. The van der Waals surface area contributed by atoms with Gasteiger partial charge in [0, 0.05) is 10.9 Å². The zero-order chi connectivity index (χ0) is 17.6. The van der Waals surface area contributed by atoms with E-state index in [1.807, 2.05) is 20.8 Å². The van der Waals surface area contributed by atoms with Crippen LogP contribution < -0.4 is 5.32 Å². The second kappa shape index (κ2) is 8.33. The molecule has 0 spiro atoms. The Kier molecular flexibility index (Phi) is 6.78. The number of carbonyl (C=O) groups excluding carboxylic acids is 1. The van der Waals surface area contributed by atoms with Crippen molar-refractivity contribution in [1.29, 1.82) is 0 Å². The number of nitrogens with zero attached hydrogens (tertiary/aromatic N) is 1. The van der Waals surface area contributed by atoms with Gasteiger partial charge in [-0.25, -0.2) is 8.78 Å². The van der Waals surface area contributed by atoms with E-state index in [2.05, 4.69) is 10.5 Å². The van der Waals surface area contributed by atoms with Gasteiger partial charge in [-0.3, -0.25) is 4.79 Å². The van der Waals surface area contributed by atoms with Crippen molar-refractivity contribution in [2.75, 3.05) is 5.32 Å². The molecule has 0 radical (unpaired) electrons. The van der Waals surface area contributed by atoms with Crippen LogP contribution in [0.1, 0.15) is 29.8 Å². The van der Waals surface area contributed by atoms with Gasteiger partial charge in [0.15, 0.2) is 11.6 Å². The highest BCUT2D eigenvalue weighted by Gasteiger charge is 2.22. The van der Waals surface area contributed by atoms with Gasteiger partial charge in [-0.2, -0.15) is 0 Å². The van der Waals surface area contributed by atoms with Gasteiger partial charge >= 0.3 is 5.91 Å². The van der Waals surface area contributed by atoms with Crippen LogP contribution in [-0.2, 0) is 0 Å². The molecule has 0 atom stereocenters. The molecule has 1 amide bonds. The highest BCUT2D eigenvalue weighted by Crippen LogP contribution is 2.31. The summed E-state index contributed by atoms with van der Waals surface area (Å²) in [6, 6.07) is 7.58. The monoisotopic (exact) mass is 340 g/mol. The first-order chi connectivity index (χ1) is 10.9. The van der Waals surface area contributed by atoms with Crippen LogP contribution in [0.15, 0.2) is 35.5 Å². The molecule has 23 heavy (non-hydrogen) atoms. The number of hydrogen-bond donors (Lipinski definition) is 1. The molecule has 0 aliphatic carbocycles. The van der Waals surface area contributed by atoms with Crippen molar-refractivity contribution in [2.45, 2.75) is 20.8 Å². The Balaban J connectivity index is 0.00000127. The zero-order valence-corrected chi connectivity index (χ0v) is 13.5. The van der Waals surface area contributed by atoms with Crippen LogP contribution in [0.2, 0.25) is 5.02 Å². The van der Waals surface area contributed by atoms with Crippen LogP contribution in [0, 0.1) is 23.5 Å². The molecule has 0 aromatic heterocycles. The van der Waals surface area contributed by atoms with Crippen molar-refractivity contribution in [3.8, 4) is 0 Å². The van der Waals surface area contributed by atoms with Crippen molar-refractivity contribution in [2.24, 2.45) is 5.18 Å². The zero-order valence-electron chi connectivity index (χ0n) is 12.8. The predicted molar refractivity (Wildman–Crippen MR) is 87.3 cm³/mol. The third-order valence-corrected chi connectivity index (χ3v) is 3.07. The van der Waals surface area contributed by atoms with Gasteiger partial charge < -0.3 is 5.32 Å². The highest BCUT2D eigenvalue weighted by atomic mass is 35.5. The number of rotatable bonds is 3. The number of anilines is 2. The minimum absolute atomic E-state index is 0.418. The first-order valence-electron chi connectivity index (χ1n) is 6.83. The lowest BCUT2D eigenvalue weighted by atomic mass is 10.1. The van der Waals surface area contributed by atoms with E-state index in [0.717, 1.165) is 11.6 Å². The number of nitrogens with one attached hydrogen (secondary N) is 1. The Morgan fingerprint density at radius 1 is 1.13 bits per heavy atom. The summed E-state index contributed by atoms with van der Waals surface area (Å²) in [5.74, 6) is -3.91. The molecule has 0 saturated heterocycles. The molecule has 0 unspecified atom stereocenters. The smallest absolute Gasteiger partial charge is 0.319 e. The molecule has 2 rings (SSSR count). The fourth-order valence-corrected chi connectivity index (χ4v) is 1.91. The maximum Gasteiger partial charge on any atom is 0.319 e. The normalized spacial score (nSPS) is 9.65. The van der Waals surface area contributed by atoms with Crippen LogP contribution in [0.3, 0.4) is 0 Å². The van der Waals surface area contributed by atoms with Crippen molar-refractivity contribution < 1.29 is 13.6 Å². The number of benzene rings is 2. The third-order valence-electron chi connectivity index (χ3n) is 2.80. The number of nitroso groups, excluding NO2 is 1. The maximum atomic E-state index is 14.0. The molecular weight excluding hydrogens is 326 g/mol. The molecule has 0 fully saturated rings. The Hall–Kier alpha value is -2.34. The van der Waals surface area contributed by atoms with E-state index in [1.165, 1.54) is 0 Å². The number of amides is 1. The maximum absolute atomic E-state index is 14.0. The van der Waals surface area contributed by atoms with E-state index >= 15 is 0 Å². The summed E-state index contributed by atoms with van der Waals surface area (Å²) in [6.07, 6.45) is 0. The molecule has 4 nitrogen and oxygen atoms in total. The Bertz CT molecular complexity index is 719. The summed E-state index contributed by atoms with van der Waals surface area (Å²) in [6.45, 7) is 5.86.